The molecule has 1 aliphatic carbocycles. The molecule has 1 N–H and O–H groups in total. The fourth-order valence-corrected chi connectivity index (χ4v) is 4.61. The Hall–Kier alpha value is -2.22. The van der Waals surface area contributed by atoms with Crippen molar-refractivity contribution < 1.29 is 22.7 Å². The lowest BCUT2D eigenvalue weighted by Gasteiger charge is -2.44. The van der Waals surface area contributed by atoms with E-state index in [-0.39, 0.29) is 23.7 Å². The number of amides is 1. The Morgan fingerprint density at radius 3 is 2.21 bits per heavy atom. The van der Waals surface area contributed by atoms with Crippen molar-refractivity contribution >= 4 is 34.3 Å². The molecule has 1 fully saturated rings. The summed E-state index contributed by atoms with van der Waals surface area (Å²) in [4.78, 5) is 18.5. The Morgan fingerprint density at radius 2 is 1.68 bits per heavy atom. The number of alkyl halides is 3. The van der Waals surface area contributed by atoms with Crippen molar-refractivity contribution in [1.82, 2.24) is 9.88 Å². The zero-order chi connectivity index (χ0) is 25.5. The van der Waals surface area contributed by atoms with E-state index in [2.05, 4.69) is 10.3 Å². The number of hydrogen-bond donors (Lipinski definition) is 1. The first-order valence-corrected chi connectivity index (χ1v) is 11.9. The Morgan fingerprint density at radius 1 is 1.06 bits per heavy atom. The second kappa shape index (κ2) is 9.44. The van der Waals surface area contributed by atoms with Crippen LogP contribution in [0, 0.1) is 0 Å². The molecule has 0 unspecified atom stereocenters. The molecule has 0 radical (unpaired) electrons. The molecule has 188 valence electrons. The van der Waals surface area contributed by atoms with Crippen LogP contribution in [0.3, 0.4) is 0 Å². The van der Waals surface area contributed by atoms with E-state index in [0.29, 0.717) is 41.8 Å². The quantitative estimate of drug-likeness (QED) is 0.471. The number of benzene rings is 1. The van der Waals surface area contributed by atoms with E-state index >= 15 is 0 Å². The molecular weight excluding hydrogens is 467 g/mol. The van der Waals surface area contributed by atoms with Crippen LogP contribution in [-0.2, 0) is 10.9 Å². The smallest absolute Gasteiger partial charge is 0.433 e. The molecule has 0 bridgehead atoms. The third-order valence-electron chi connectivity index (χ3n) is 5.80. The number of halogens is 4. The van der Waals surface area contributed by atoms with Crippen LogP contribution < -0.4 is 5.32 Å². The SMILES string of the molecule is CC(C)(C)OC(=O)N(C1CCC(Nc2cc(C(F)(F)F)nc3ccc(Cl)cc23)CC1)C(C)(C)C. The largest absolute Gasteiger partial charge is 0.444 e. The molecule has 0 saturated heterocycles. The lowest BCUT2D eigenvalue weighted by Crippen LogP contribution is -2.54. The van der Waals surface area contributed by atoms with Crippen LogP contribution in [0.1, 0.15) is 72.9 Å². The minimum atomic E-state index is -4.55. The van der Waals surface area contributed by atoms with Gasteiger partial charge in [-0.05, 0) is 91.5 Å². The number of rotatable bonds is 3. The second-order valence-electron chi connectivity index (χ2n) is 10.9. The summed E-state index contributed by atoms with van der Waals surface area (Å²) in [6.45, 7) is 11.5. The van der Waals surface area contributed by atoms with Gasteiger partial charge >= 0.3 is 12.3 Å². The summed E-state index contributed by atoms with van der Waals surface area (Å²) >= 11 is 6.11. The molecular formula is C25H33ClF3N3O2. The maximum Gasteiger partial charge on any atom is 0.433 e. The van der Waals surface area contributed by atoms with Gasteiger partial charge in [-0.3, -0.25) is 0 Å². The number of anilines is 1. The van der Waals surface area contributed by atoms with Gasteiger partial charge in [-0.2, -0.15) is 13.2 Å². The predicted octanol–water partition coefficient (Wildman–Crippen LogP) is 7.67. The van der Waals surface area contributed by atoms with Crippen molar-refractivity contribution in [3.8, 4) is 0 Å². The third-order valence-corrected chi connectivity index (χ3v) is 6.03. The number of fused-ring (bicyclic) bond motifs is 1. The van der Waals surface area contributed by atoms with Crippen LogP contribution in [0.4, 0.5) is 23.7 Å². The van der Waals surface area contributed by atoms with Crippen LogP contribution in [-0.4, -0.2) is 39.2 Å². The maximum absolute atomic E-state index is 13.4. The highest BCUT2D eigenvalue weighted by Gasteiger charge is 2.38. The number of carbonyl (C=O) groups is 1. The average Bonchev–Trinajstić information content (AvgIpc) is 2.66. The predicted molar refractivity (Wildman–Crippen MR) is 129 cm³/mol. The van der Waals surface area contributed by atoms with Gasteiger partial charge in [-0.25, -0.2) is 9.78 Å². The summed E-state index contributed by atoms with van der Waals surface area (Å²) in [6.07, 6.45) is -2.07. The van der Waals surface area contributed by atoms with E-state index in [9.17, 15) is 18.0 Å². The van der Waals surface area contributed by atoms with Crippen molar-refractivity contribution in [3.05, 3.63) is 35.0 Å². The Kier molecular flexibility index (Phi) is 7.32. The van der Waals surface area contributed by atoms with Crippen LogP contribution in [0.5, 0.6) is 0 Å². The van der Waals surface area contributed by atoms with Crippen molar-refractivity contribution in [2.45, 2.75) is 96.6 Å². The van der Waals surface area contributed by atoms with Crippen LogP contribution in [0.2, 0.25) is 5.02 Å². The van der Waals surface area contributed by atoms with Gasteiger partial charge in [0.2, 0.25) is 0 Å². The first kappa shape index (κ1) is 26.4. The molecule has 1 heterocycles. The normalized spacial score (nSPS) is 19.7. The zero-order valence-corrected chi connectivity index (χ0v) is 21.3. The van der Waals surface area contributed by atoms with E-state index in [0.717, 1.165) is 6.07 Å². The van der Waals surface area contributed by atoms with Crippen molar-refractivity contribution in [1.29, 1.82) is 0 Å². The molecule has 9 heteroatoms. The fourth-order valence-electron chi connectivity index (χ4n) is 4.44. The van der Waals surface area contributed by atoms with Crippen LogP contribution >= 0.6 is 11.6 Å². The third kappa shape index (κ3) is 6.46. The van der Waals surface area contributed by atoms with Gasteiger partial charge in [0.05, 0.1) is 5.52 Å². The first-order valence-electron chi connectivity index (χ1n) is 11.5. The summed E-state index contributed by atoms with van der Waals surface area (Å²) in [7, 11) is 0. The summed E-state index contributed by atoms with van der Waals surface area (Å²) in [6, 6.07) is 5.65. The maximum atomic E-state index is 13.4. The number of carbonyl (C=O) groups excluding carboxylic acids is 1. The summed E-state index contributed by atoms with van der Waals surface area (Å²) in [5.41, 5.74) is -1.36. The molecule has 1 aromatic heterocycles. The highest BCUT2D eigenvalue weighted by atomic mass is 35.5. The van der Waals surface area contributed by atoms with Gasteiger partial charge in [0.25, 0.3) is 0 Å². The molecule has 0 atom stereocenters. The number of nitrogens with zero attached hydrogens (tertiary/aromatic N) is 2. The van der Waals surface area contributed by atoms with Gasteiger partial charge < -0.3 is 15.0 Å². The van der Waals surface area contributed by atoms with E-state index in [1.54, 1.807) is 11.0 Å². The molecule has 5 nitrogen and oxygen atoms in total. The van der Waals surface area contributed by atoms with Gasteiger partial charge in [-0.1, -0.05) is 11.6 Å². The van der Waals surface area contributed by atoms with Crippen LogP contribution in [0.25, 0.3) is 10.9 Å². The number of ether oxygens (including phenoxy) is 1. The topological polar surface area (TPSA) is 54.5 Å². The fraction of sp³-hybridized carbons (Fsp3) is 0.600. The lowest BCUT2D eigenvalue weighted by atomic mass is 9.87. The molecule has 1 amide bonds. The highest BCUT2D eigenvalue weighted by Crippen LogP contribution is 2.36. The molecule has 1 aliphatic rings. The molecule has 3 rings (SSSR count). The summed E-state index contributed by atoms with van der Waals surface area (Å²) < 4.78 is 46.0. The van der Waals surface area contributed by atoms with Gasteiger partial charge in [-0.15, -0.1) is 0 Å². The molecule has 0 aliphatic heterocycles. The van der Waals surface area contributed by atoms with Gasteiger partial charge in [0.15, 0.2) is 0 Å². The van der Waals surface area contributed by atoms with E-state index in [1.165, 1.54) is 12.1 Å². The van der Waals surface area contributed by atoms with E-state index in [4.69, 9.17) is 16.3 Å². The van der Waals surface area contributed by atoms with Gasteiger partial charge in [0.1, 0.15) is 11.3 Å². The second-order valence-corrected chi connectivity index (χ2v) is 11.3. The molecule has 1 saturated carbocycles. The Labute approximate surface area is 204 Å². The Balaban J connectivity index is 1.79. The van der Waals surface area contributed by atoms with Crippen molar-refractivity contribution in [2.24, 2.45) is 0 Å². The minimum absolute atomic E-state index is 0.0118. The number of aromatic nitrogens is 1. The average molecular weight is 500 g/mol. The highest BCUT2D eigenvalue weighted by molar-refractivity contribution is 6.31. The molecule has 1 aromatic carbocycles. The summed E-state index contributed by atoms with van der Waals surface area (Å²) in [5, 5.41) is 4.27. The number of nitrogens with one attached hydrogen (secondary N) is 1. The molecule has 2 aromatic rings. The number of hydrogen-bond acceptors (Lipinski definition) is 4. The summed E-state index contributed by atoms with van der Waals surface area (Å²) in [5.74, 6) is 0. The van der Waals surface area contributed by atoms with Crippen molar-refractivity contribution in [2.75, 3.05) is 5.32 Å². The molecule has 34 heavy (non-hydrogen) atoms. The van der Waals surface area contributed by atoms with Crippen LogP contribution in [0.15, 0.2) is 24.3 Å². The molecule has 0 spiro atoms. The zero-order valence-electron chi connectivity index (χ0n) is 20.5. The van der Waals surface area contributed by atoms with E-state index < -0.39 is 23.0 Å². The monoisotopic (exact) mass is 499 g/mol. The standard InChI is InChI=1S/C25H33ClF3N3O2/c1-23(2,3)32(22(33)34-24(4,5)6)17-10-8-16(9-11-17)30-20-14-21(25(27,28)29)31-19-12-7-15(26)13-18(19)20/h7,12-14,16-17H,8-11H2,1-6H3,(H,30,31). The van der Waals surface area contributed by atoms with E-state index in [1.807, 2.05) is 41.5 Å². The minimum Gasteiger partial charge on any atom is -0.444 e. The lowest BCUT2D eigenvalue weighted by molar-refractivity contribution is -0.140. The van der Waals surface area contributed by atoms with Gasteiger partial charge in [0, 0.05) is 33.7 Å². The number of pyridine rings is 1. The first-order chi connectivity index (χ1) is 15.5. The Bertz CT molecular complexity index is 1040. The van der Waals surface area contributed by atoms with Crippen molar-refractivity contribution in [3.63, 3.8) is 0 Å².